The van der Waals surface area contributed by atoms with Gasteiger partial charge in [-0.1, -0.05) is 19.1 Å². The molecule has 0 fully saturated rings. The van der Waals surface area contributed by atoms with Crippen molar-refractivity contribution in [1.29, 1.82) is 0 Å². The van der Waals surface area contributed by atoms with Gasteiger partial charge in [0.2, 0.25) is 0 Å². The average molecular weight is 385 g/mol. The third-order valence-corrected chi connectivity index (χ3v) is 5.09. The monoisotopic (exact) mass is 385 g/mol. The van der Waals surface area contributed by atoms with Gasteiger partial charge in [-0.3, -0.25) is 4.79 Å². The van der Waals surface area contributed by atoms with E-state index >= 15 is 0 Å². The second-order valence-corrected chi connectivity index (χ2v) is 7.03. The van der Waals surface area contributed by atoms with E-state index in [0.717, 1.165) is 23.4 Å². The van der Waals surface area contributed by atoms with Crippen molar-refractivity contribution in [1.82, 2.24) is 4.98 Å². The van der Waals surface area contributed by atoms with Gasteiger partial charge in [0.1, 0.15) is 18.1 Å². The first-order chi connectivity index (χ1) is 13.5. The van der Waals surface area contributed by atoms with Crippen LogP contribution >= 0.6 is 0 Å². The van der Waals surface area contributed by atoms with E-state index in [1.54, 1.807) is 14.0 Å². The molecule has 1 atom stereocenters. The number of Topliss-reactive ketones (excluding diaryl/α,β-unsaturated/α-hetero) is 1. The first-order valence-corrected chi connectivity index (χ1v) is 9.68. The van der Waals surface area contributed by atoms with Crippen molar-refractivity contribution in [3.8, 4) is 5.75 Å². The number of hydrogen-bond acceptors (Lipinski definition) is 5. The van der Waals surface area contributed by atoms with Crippen LogP contribution in [0.3, 0.4) is 0 Å². The highest BCUT2D eigenvalue weighted by atomic mass is 16.6. The molecule has 6 nitrogen and oxygen atoms in total. The molecule has 0 saturated carbocycles. The molecule has 0 amide bonds. The summed E-state index contributed by atoms with van der Waals surface area (Å²) in [6.07, 6.45) is 2.03. The van der Waals surface area contributed by atoms with Crippen molar-refractivity contribution in [2.24, 2.45) is 0 Å². The lowest BCUT2D eigenvalue weighted by Gasteiger charge is -2.22. The van der Waals surface area contributed by atoms with E-state index in [-0.39, 0.29) is 18.3 Å². The number of fused-ring (bicyclic) bond motifs is 1. The predicted molar refractivity (Wildman–Crippen MR) is 105 cm³/mol. The van der Waals surface area contributed by atoms with Gasteiger partial charge in [0, 0.05) is 24.3 Å². The number of carbonyl (C=O) groups excluding carboxylic acids is 2. The lowest BCUT2D eigenvalue weighted by Crippen LogP contribution is -2.18. The van der Waals surface area contributed by atoms with Gasteiger partial charge in [-0.25, -0.2) is 4.79 Å². The van der Waals surface area contributed by atoms with Crippen LogP contribution in [0.1, 0.15) is 63.4 Å². The number of aromatic amines is 1. The minimum atomic E-state index is -0.444. The molecule has 1 aliphatic rings. The molecule has 1 heterocycles. The molecule has 1 aromatic heterocycles. The summed E-state index contributed by atoms with van der Waals surface area (Å²) in [6.45, 7) is 5.04. The number of ketones is 1. The van der Waals surface area contributed by atoms with E-state index in [4.69, 9.17) is 14.2 Å². The number of carbonyl (C=O) groups is 2. The fourth-order valence-electron chi connectivity index (χ4n) is 3.66. The third-order valence-electron chi connectivity index (χ3n) is 5.09. The highest BCUT2D eigenvalue weighted by Crippen LogP contribution is 2.35. The first-order valence-electron chi connectivity index (χ1n) is 9.68. The van der Waals surface area contributed by atoms with E-state index < -0.39 is 5.97 Å². The summed E-state index contributed by atoms with van der Waals surface area (Å²) >= 11 is 0. The largest absolute Gasteiger partial charge is 0.497 e. The Balaban J connectivity index is 1.72. The van der Waals surface area contributed by atoms with Crippen LogP contribution in [0.25, 0.3) is 0 Å². The van der Waals surface area contributed by atoms with Gasteiger partial charge in [0.25, 0.3) is 0 Å². The van der Waals surface area contributed by atoms with Crippen LogP contribution in [0.15, 0.2) is 24.3 Å². The predicted octanol–water partition coefficient (Wildman–Crippen LogP) is 3.83. The van der Waals surface area contributed by atoms with Crippen LogP contribution < -0.4 is 4.74 Å². The summed E-state index contributed by atoms with van der Waals surface area (Å²) in [4.78, 5) is 28.3. The summed E-state index contributed by atoms with van der Waals surface area (Å²) < 4.78 is 15.8. The van der Waals surface area contributed by atoms with E-state index in [9.17, 15) is 9.59 Å². The zero-order valence-corrected chi connectivity index (χ0v) is 16.7. The topological polar surface area (TPSA) is 77.6 Å². The Morgan fingerprint density at radius 2 is 1.89 bits per heavy atom. The Kier molecular flexibility index (Phi) is 6.52. The molecule has 0 unspecified atom stereocenters. The smallest absolute Gasteiger partial charge is 0.355 e. The summed E-state index contributed by atoms with van der Waals surface area (Å²) in [5, 5.41) is 0. The van der Waals surface area contributed by atoms with Crippen LogP contribution in [-0.2, 0) is 15.9 Å². The number of aromatic nitrogens is 1. The zero-order chi connectivity index (χ0) is 20.1. The molecule has 2 aromatic rings. The average Bonchev–Trinajstić information content (AvgIpc) is 3.04. The van der Waals surface area contributed by atoms with Crippen LogP contribution in [0.5, 0.6) is 5.75 Å². The minimum absolute atomic E-state index is 0.0566. The molecule has 0 bridgehead atoms. The van der Waals surface area contributed by atoms with E-state index in [2.05, 4.69) is 4.98 Å². The highest BCUT2D eigenvalue weighted by molar-refractivity contribution is 6.03. The Labute approximate surface area is 165 Å². The van der Waals surface area contributed by atoms with Crippen LogP contribution in [-0.4, -0.2) is 43.7 Å². The Hall–Kier alpha value is -2.60. The SMILES string of the molecule is CCCOCCOC(=O)c1[nH]c2c(c1C)C(=O)C[C@H](c1ccc(OC)cc1)C2. The second kappa shape index (κ2) is 9.06. The molecule has 1 aromatic carbocycles. The molecule has 3 rings (SSSR count). The Morgan fingerprint density at radius 1 is 1.14 bits per heavy atom. The summed E-state index contributed by atoms with van der Waals surface area (Å²) in [6, 6.07) is 7.78. The van der Waals surface area contributed by atoms with Crippen molar-refractivity contribution < 1.29 is 23.8 Å². The number of H-pyrrole nitrogens is 1. The Morgan fingerprint density at radius 3 is 2.57 bits per heavy atom. The summed E-state index contributed by atoms with van der Waals surface area (Å²) in [7, 11) is 1.63. The van der Waals surface area contributed by atoms with Crippen LogP contribution in [0.4, 0.5) is 0 Å². The standard InChI is InChI=1S/C22H27NO5/c1-4-9-27-10-11-28-22(25)21-14(2)20-18(23-21)12-16(13-19(20)24)15-5-7-17(26-3)8-6-15/h5-8,16,23H,4,9-13H2,1-3H3/t16-/m1/s1. The lowest BCUT2D eigenvalue weighted by molar-refractivity contribution is 0.0312. The molecule has 0 aliphatic heterocycles. The first kappa shape index (κ1) is 20.1. The molecular weight excluding hydrogens is 358 g/mol. The molecular formula is C22H27NO5. The van der Waals surface area contributed by atoms with Gasteiger partial charge in [-0.15, -0.1) is 0 Å². The number of methoxy groups -OCH3 is 1. The molecule has 0 spiro atoms. The van der Waals surface area contributed by atoms with Crippen LogP contribution in [0, 0.1) is 6.92 Å². The maximum Gasteiger partial charge on any atom is 0.355 e. The molecule has 0 saturated heterocycles. The highest BCUT2D eigenvalue weighted by Gasteiger charge is 2.32. The second-order valence-electron chi connectivity index (χ2n) is 7.03. The van der Waals surface area contributed by atoms with Crippen molar-refractivity contribution in [3.63, 3.8) is 0 Å². The van der Waals surface area contributed by atoms with Crippen molar-refractivity contribution in [3.05, 3.63) is 52.3 Å². The molecule has 0 radical (unpaired) electrons. The molecule has 150 valence electrons. The number of rotatable bonds is 8. The van der Waals surface area contributed by atoms with Gasteiger partial charge < -0.3 is 19.2 Å². The van der Waals surface area contributed by atoms with E-state index in [1.165, 1.54) is 0 Å². The molecule has 6 heteroatoms. The fourth-order valence-corrected chi connectivity index (χ4v) is 3.66. The quantitative estimate of drug-likeness (QED) is 0.552. The van der Waals surface area contributed by atoms with Crippen molar-refractivity contribution in [2.75, 3.05) is 26.9 Å². The number of esters is 1. The zero-order valence-electron chi connectivity index (χ0n) is 16.7. The molecule has 1 aliphatic carbocycles. The van der Waals surface area contributed by atoms with Gasteiger partial charge in [0.05, 0.1) is 13.7 Å². The fraction of sp³-hybridized carbons (Fsp3) is 0.455. The van der Waals surface area contributed by atoms with Crippen molar-refractivity contribution in [2.45, 2.75) is 39.0 Å². The van der Waals surface area contributed by atoms with E-state index in [0.29, 0.717) is 42.9 Å². The number of nitrogens with one attached hydrogen (secondary N) is 1. The normalized spacial score (nSPS) is 16.0. The van der Waals surface area contributed by atoms with E-state index in [1.807, 2.05) is 31.2 Å². The molecule has 28 heavy (non-hydrogen) atoms. The maximum absolute atomic E-state index is 12.8. The van der Waals surface area contributed by atoms with Gasteiger partial charge >= 0.3 is 5.97 Å². The third kappa shape index (κ3) is 4.28. The van der Waals surface area contributed by atoms with Crippen LogP contribution in [0.2, 0.25) is 0 Å². The summed E-state index contributed by atoms with van der Waals surface area (Å²) in [5.74, 6) is 0.479. The summed E-state index contributed by atoms with van der Waals surface area (Å²) in [5.41, 5.74) is 3.57. The number of ether oxygens (including phenoxy) is 3. The minimum Gasteiger partial charge on any atom is -0.497 e. The molecule has 1 N–H and O–H groups in total. The van der Waals surface area contributed by atoms with Gasteiger partial charge in [0.15, 0.2) is 5.78 Å². The van der Waals surface area contributed by atoms with Crippen molar-refractivity contribution >= 4 is 11.8 Å². The number of hydrogen-bond donors (Lipinski definition) is 1. The van der Waals surface area contributed by atoms with Gasteiger partial charge in [-0.05, 0) is 48.9 Å². The number of benzene rings is 1. The maximum atomic E-state index is 12.8. The Bertz CT molecular complexity index is 837. The lowest BCUT2D eigenvalue weighted by atomic mass is 9.81. The van der Waals surface area contributed by atoms with Gasteiger partial charge in [-0.2, -0.15) is 0 Å².